The van der Waals surface area contributed by atoms with E-state index in [1.54, 1.807) is 18.3 Å². The first-order valence-electron chi connectivity index (χ1n) is 14.1. The highest BCUT2D eigenvalue weighted by molar-refractivity contribution is 5.94. The van der Waals surface area contributed by atoms with Crippen molar-refractivity contribution in [1.29, 1.82) is 0 Å². The summed E-state index contributed by atoms with van der Waals surface area (Å²) in [5, 5.41) is 3.26. The van der Waals surface area contributed by atoms with Crippen molar-refractivity contribution >= 4 is 17.7 Å². The molecule has 1 amide bonds. The van der Waals surface area contributed by atoms with Gasteiger partial charge in [0.1, 0.15) is 11.6 Å². The molecule has 3 aromatic rings. The van der Waals surface area contributed by atoms with E-state index in [-0.39, 0.29) is 23.8 Å². The highest BCUT2D eigenvalue weighted by Crippen LogP contribution is 2.47. The van der Waals surface area contributed by atoms with Gasteiger partial charge < -0.3 is 15.0 Å². The van der Waals surface area contributed by atoms with Gasteiger partial charge >= 0.3 is 5.97 Å². The molecule has 0 bridgehead atoms. The molecule has 1 spiro atoms. The normalized spacial score (nSPS) is 20.8. The summed E-state index contributed by atoms with van der Waals surface area (Å²) in [5.74, 6) is 0.532. The molecule has 2 aliphatic rings. The van der Waals surface area contributed by atoms with E-state index in [0.29, 0.717) is 55.6 Å². The molecule has 2 aromatic heterocycles. The second-order valence-corrected chi connectivity index (χ2v) is 10.7. The van der Waals surface area contributed by atoms with Crippen LogP contribution in [-0.4, -0.2) is 32.6 Å². The van der Waals surface area contributed by atoms with Crippen LogP contribution in [0.2, 0.25) is 0 Å². The number of nitrogens with one attached hydrogen (secondary N) is 2. The molecule has 8 nitrogen and oxygen atoms in total. The van der Waals surface area contributed by atoms with Crippen LogP contribution >= 0.6 is 0 Å². The Kier molecular flexibility index (Phi) is 8.19. The van der Waals surface area contributed by atoms with Crippen LogP contribution in [0.25, 0.3) is 11.3 Å². The Morgan fingerprint density at radius 1 is 1.08 bits per heavy atom. The lowest BCUT2D eigenvalue weighted by molar-refractivity contribution is -0.129. The number of ketones is 1. The fourth-order valence-corrected chi connectivity index (χ4v) is 5.77. The van der Waals surface area contributed by atoms with Gasteiger partial charge in [-0.1, -0.05) is 50.1 Å². The predicted octanol–water partition coefficient (Wildman–Crippen LogP) is 5.81. The molecule has 1 saturated carbocycles. The number of ether oxygens (including phenoxy) is 1. The number of Topliss-reactive ketones (excluding diaryl/α,β-unsaturated/α-hetero) is 1. The van der Waals surface area contributed by atoms with Gasteiger partial charge in [-0.2, -0.15) is 0 Å². The molecule has 1 aromatic carbocycles. The Hall–Kier alpha value is -3.81. The van der Waals surface area contributed by atoms with Gasteiger partial charge in [0, 0.05) is 25.0 Å². The van der Waals surface area contributed by atoms with Gasteiger partial charge in [-0.15, -0.1) is 0 Å². The quantitative estimate of drug-likeness (QED) is 0.240. The fraction of sp³-hybridized carbons (Fsp3) is 0.452. The van der Waals surface area contributed by atoms with Crippen LogP contribution in [0.5, 0.6) is 0 Å². The van der Waals surface area contributed by atoms with Gasteiger partial charge in [-0.25, -0.2) is 9.78 Å². The first-order chi connectivity index (χ1) is 19.0. The largest absolute Gasteiger partial charge is 0.449 e. The van der Waals surface area contributed by atoms with Crippen LogP contribution in [0.1, 0.15) is 99.1 Å². The maximum absolute atomic E-state index is 13.5. The van der Waals surface area contributed by atoms with E-state index >= 15 is 0 Å². The van der Waals surface area contributed by atoms with Crippen LogP contribution < -0.4 is 5.32 Å². The minimum atomic E-state index is -0.717. The molecular weight excluding hydrogens is 492 g/mol. The standard InChI is InChI=1S/C31H36N4O4/c1-2-23(36)12-7-4-8-14-25(28-33-20-26(34-28)21-10-5-3-6-11-21)35-29(37)22-15-17-31(18-16-22)27-24(30(38)39-31)13-9-19-32-27/h3,5-6,9-11,13,19-20,22,25H,2,4,7-8,12,14-18H2,1H3,(H,33,34)(H,35,37)/t22-,25-,31+/m0/s1. The molecule has 8 heteroatoms. The zero-order chi connectivity index (χ0) is 27.2. The molecule has 0 unspecified atom stereocenters. The van der Waals surface area contributed by atoms with Crippen molar-refractivity contribution in [2.75, 3.05) is 0 Å². The second-order valence-electron chi connectivity index (χ2n) is 10.7. The predicted molar refractivity (Wildman–Crippen MR) is 147 cm³/mol. The third kappa shape index (κ3) is 5.95. The lowest BCUT2D eigenvalue weighted by Crippen LogP contribution is -2.40. The summed E-state index contributed by atoms with van der Waals surface area (Å²) in [5.41, 5.74) is 2.47. The summed E-state index contributed by atoms with van der Waals surface area (Å²) >= 11 is 0. The number of carbonyl (C=O) groups is 3. The highest BCUT2D eigenvalue weighted by Gasteiger charge is 2.49. The number of rotatable bonds is 11. The Bertz CT molecular complexity index is 1310. The van der Waals surface area contributed by atoms with E-state index in [4.69, 9.17) is 4.74 Å². The number of imidazole rings is 1. The number of nitrogens with zero attached hydrogens (tertiary/aromatic N) is 2. The molecule has 1 aliphatic heterocycles. The number of carbonyl (C=O) groups excluding carboxylic acids is 3. The van der Waals surface area contributed by atoms with Crippen LogP contribution in [0.4, 0.5) is 0 Å². The number of hydrogen-bond donors (Lipinski definition) is 2. The minimum Gasteiger partial charge on any atom is -0.449 e. The molecule has 1 aliphatic carbocycles. The molecule has 3 heterocycles. The Labute approximate surface area is 229 Å². The first kappa shape index (κ1) is 26.8. The van der Waals surface area contributed by atoms with Gasteiger partial charge in [0.15, 0.2) is 5.60 Å². The molecule has 5 rings (SSSR count). The molecule has 1 atom stereocenters. The van der Waals surface area contributed by atoms with E-state index < -0.39 is 5.60 Å². The van der Waals surface area contributed by atoms with Crippen LogP contribution in [0.3, 0.4) is 0 Å². The van der Waals surface area contributed by atoms with Gasteiger partial charge in [0.25, 0.3) is 0 Å². The van der Waals surface area contributed by atoms with Gasteiger partial charge in [0.05, 0.1) is 29.2 Å². The summed E-state index contributed by atoms with van der Waals surface area (Å²) in [4.78, 5) is 50.0. The number of aromatic nitrogens is 3. The minimum absolute atomic E-state index is 0.000704. The maximum atomic E-state index is 13.5. The number of amides is 1. The van der Waals surface area contributed by atoms with Crippen molar-refractivity contribution in [3.8, 4) is 11.3 Å². The van der Waals surface area contributed by atoms with E-state index in [1.807, 2.05) is 43.5 Å². The van der Waals surface area contributed by atoms with Crippen molar-refractivity contribution in [1.82, 2.24) is 20.3 Å². The van der Waals surface area contributed by atoms with Crippen molar-refractivity contribution in [2.24, 2.45) is 5.92 Å². The van der Waals surface area contributed by atoms with Crippen LogP contribution in [0, 0.1) is 5.92 Å². The molecule has 0 radical (unpaired) electrons. The fourth-order valence-electron chi connectivity index (χ4n) is 5.77. The smallest absolute Gasteiger partial charge is 0.341 e. The Balaban J connectivity index is 1.24. The van der Waals surface area contributed by atoms with Gasteiger partial charge in [-0.05, 0) is 56.2 Å². The Morgan fingerprint density at radius 2 is 1.87 bits per heavy atom. The number of H-pyrrole nitrogens is 1. The molecule has 1 fully saturated rings. The van der Waals surface area contributed by atoms with Crippen molar-refractivity contribution in [3.63, 3.8) is 0 Å². The zero-order valence-corrected chi connectivity index (χ0v) is 22.4. The lowest BCUT2D eigenvalue weighted by Gasteiger charge is -2.35. The van der Waals surface area contributed by atoms with E-state index in [9.17, 15) is 14.4 Å². The summed E-state index contributed by atoms with van der Waals surface area (Å²) in [6.45, 7) is 1.90. The van der Waals surface area contributed by atoms with E-state index in [1.165, 1.54) is 0 Å². The number of hydrogen-bond acceptors (Lipinski definition) is 6. The topological polar surface area (TPSA) is 114 Å². The summed E-state index contributed by atoms with van der Waals surface area (Å²) in [6.07, 6.45) is 10.5. The van der Waals surface area contributed by atoms with Crippen LogP contribution in [0.15, 0.2) is 54.9 Å². The zero-order valence-electron chi connectivity index (χ0n) is 22.4. The average Bonchev–Trinajstić information content (AvgIpc) is 3.56. The summed E-state index contributed by atoms with van der Waals surface area (Å²) < 4.78 is 5.81. The molecule has 0 saturated heterocycles. The van der Waals surface area contributed by atoms with Crippen LogP contribution in [-0.2, 0) is 19.9 Å². The van der Waals surface area contributed by atoms with Gasteiger partial charge in [-0.3, -0.25) is 14.6 Å². The maximum Gasteiger partial charge on any atom is 0.341 e. The summed E-state index contributed by atoms with van der Waals surface area (Å²) in [6, 6.07) is 13.2. The number of pyridine rings is 1. The SMILES string of the molecule is CCC(=O)CCCCC[C@H](NC(=O)[C@H]1CC[C@]2(CC1)OC(=O)c1cccnc12)c1ncc(-c2ccccc2)[nH]1. The summed E-state index contributed by atoms with van der Waals surface area (Å²) in [7, 11) is 0. The number of benzene rings is 1. The number of unbranched alkanes of at least 4 members (excludes halogenated alkanes) is 2. The van der Waals surface area contributed by atoms with Gasteiger partial charge in [0.2, 0.25) is 5.91 Å². The lowest BCUT2D eigenvalue weighted by atomic mass is 9.76. The van der Waals surface area contributed by atoms with Crippen molar-refractivity contribution in [2.45, 2.75) is 82.8 Å². The van der Waals surface area contributed by atoms with Crippen molar-refractivity contribution < 1.29 is 19.1 Å². The third-order valence-electron chi connectivity index (χ3n) is 8.08. The number of esters is 1. The average molecular weight is 529 g/mol. The monoisotopic (exact) mass is 528 g/mol. The van der Waals surface area contributed by atoms with E-state index in [2.05, 4.69) is 20.3 Å². The van der Waals surface area contributed by atoms with E-state index in [0.717, 1.165) is 42.8 Å². The third-order valence-corrected chi connectivity index (χ3v) is 8.08. The number of fused-ring (bicyclic) bond motifs is 2. The highest BCUT2D eigenvalue weighted by atomic mass is 16.6. The molecule has 204 valence electrons. The molecule has 39 heavy (non-hydrogen) atoms. The first-order valence-corrected chi connectivity index (χ1v) is 14.1. The Morgan fingerprint density at radius 3 is 2.64 bits per heavy atom. The second kappa shape index (κ2) is 11.9. The molecular formula is C31H36N4O4. The molecule has 2 N–H and O–H groups in total. The number of aromatic amines is 1. The van der Waals surface area contributed by atoms with Crippen molar-refractivity contribution in [3.05, 3.63) is 71.9 Å².